The van der Waals surface area contributed by atoms with Crippen molar-refractivity contribution in [1.82, 2.24) is 10.4 Å². The van der Waals surface area contributed by atoms with Gasteiger partial charge < -0.3 is 0 Å². The Morgan fingerprint density at radius 2 is 1.81 bits per heavy atom. The first-order valence-electron chi connectivity index (χ1n) is 6.56. The lowest BCUT2D eigenvalue weighted by Crippen LogP contribution is -2.18. The van der Waals surface area contributed by atoms with Crippen molar-refractivity contribution >= 4 is 22.9 Å². The van der Waals surface area contributed by atoms with E-state index >= 15 is 0 Å². The molecule has 0 aliphatic rings. The lowest BCUT2D eigenvalue weighted by Gasteiger charge is -2.00. The average molecular weight is 275 g/mol. The van der Waals surface area contributed by atoms with Crippen LogP contribution >= 0.6 is 0 Å². The maximum Gasteiger partial charge on any atom is 0.289 e. The topological polar surface area (TPSA) is 54.4 Å². The lowest BCUT2D eigenvalue weighted by atomic mass is 10.1. The van der Waals surface area contributed by atoms with Crippen LogP contribution in [0.4, 0.5) is 0 Å². The smallest absolute Gasteiger partial charge is 0.266 e. The van der Waals surface area contributed by atoms with E-state index < -0.39 is 0 Å². The summed E-state index contributed by atoms with van der Waals surface area (Å²) in [5.41, 5.74) is 3.73. The number of hydrazone groups is 1. The Morgan fingerprint density at radius 1 is 1.00 bits per heavy atom. The number of amides is 1. The zero-order valence-electron chi connectivity index (χ0n) is 11.2. The van der Waals surface area contributed by atoms with E-state index in [1.807, 2.05) is 36.4 Å². The summed E-state index contributed by atoms with van der Waals surface area (Å²) in [6, 6.07) is 19.3. The van der Waals surface area contributed by atoms with Crippen molar-refractivity contribution in [2.24, 2.45) is 5.10 Å². The van der Waals surface area contributed by atoms with Crippen molar-refractivity contribution in [3.05, 3.63) is 78.1 Å². The molecule has 0 aliphatic carbocycles. The summed E-state index contributed by atoms with van der Waals surface area (Å²) in [6.45, 7) is 0. The van der Waals surface area contributed by atoms with Gasteiger partial charge >= 0.3 is 0 Å². The predicted molar refractivity (Wildman–Crippen MR) is 83.2 cm³/mol. The highest BCUT2D eigenvalue weighted by atomic mass is 16.2. The minimum atomic E-state index is -0.326. The van der Waals surface area contributed by atoms with Gasteiger partial charge in [-0.15, -0.1) is 0 Å². The standard InChI is InChI=1S/C17H13N3O/c21-17(16-7-3-4-10-18-16)20-19-12-13-8-9-14-5-1-2-6-15(14)11-13/h1-12H,(H,20,21)/b19-12+. The lowest BCUT2D eigenvalue weighted by molar-refractivity contribution is 0.0950. The van der Waals surface area contributed by atoms with Gasteiger partial charge in [0, 0.05) is 6.20 Å². The van der Waals surface area contributed by atoms with Crippen molar-refractivity contribution < 1.29 is 4.79 Å². The molecule has 4 nitrogen and oxygen atoms in total. The molecule has 0 bridgehead atoms. The van der Waals surface area contributed by atoms with E-state index in [1.54, 1.807) is 30.6 Å². The minimum absolute atomic E-state index is 0.326. The zero-order chi connectivity index (χ0) is 14.5. The first-order valence-corrected chi connectivity index (χ1v) is 6.56. The highest BCUT2D eigenvalue weighted by molar-refractivity contribution is 5.94. The Morgan fingerprint density at radius 3 is 2.62 bits per heavy atom. The van der Waals surface area contributed by atoms with E-state index in [1.165, 1.54) is 5.39 Å². The Kier molecular flexibility index (Phi) is 3.69. The number of rotatable bonds is 3. The molecule has 3 aromatic rings. The third kappa shape index (κ3) is 3.12. The molecule has 0 unspecified atom stereocenters. The van der Waals surface area contributed by atoms with E-state index in [0.29, 0.717) is 5.69 Å². The largest absolute Gasteiger partial charge is 0.289 e. The summed E-state index contributed by atoms with van der Waals surface area (Å²) in [4.78, 5) is 15.7. The number of fused-ring (bicyclic) bond motifs is 1. The van der Waals surface area contributed by atoms with Gasteiger partial charge in [0.2, 0.25) is 0 Å². The van der Waals surface area contributed by atoms with E-state index in [-0.39, 0.29) is 5.91 Å². The molecule has 102 valence electrons. The van der Waals surface area contributed by atoms with Crippen molar-refractivity contribution in [1.29, 1.82) is 0 Å². The molecule has 1 heterocycles. The van der Waals surface area contributed by atoms with Gasteiger partial charge in [-0.2, -0.15) is 5.10 Å². The Labute approximate surface area is 122 Å². The fourth-order valence-corrected chi connectivity index (χ4v) is 2.01. The summed E-state index contributed by atoms with van der Waals surface area (Å²) in [7, 11) is 0. The van der Waals surface area contributed by atoms with Gasteiger partial charge in [-0.1, -0.05) is 42.5 Å². The van der Waals surface area contributed by atoms with E-state index in [0.717, 1.165) is 10.9 Å². The summed E-state index contributed by atoms with van der Waals surface area (Å²) in [5.74, 6) is -0.326. The molecule has 0 saturated heterocycles. The number of benzene rings is 2. The molecule has 0 atom stereocenters. The number of aromatic nitrogens is 1. The van der Waals surface area contributed by atoms with Gasteiger partial charge in [-0.3, -0.25) is 9.78 Å². The molecule has 1 amide bonds. The van der Waals surface area contributed by atoms with Gasteiger partial charge in [0.25, 0.3) is 5.91 Å². The highest BCUT2D eigenvalue weighted by Gasteiger charge is 2.03. The zero-order valence-corrected chi connectivity index (χ0v) is 11.2. The first-order chi connectivity index (χ1) is 10.3. The van der Waals surface area contributed by atoms with Crippen LogP contribution in [0.1, 0.15) is 16.1 Å². The van der Waals surface area contributed by atoms with Crippen molar-refractivity contribution in [2.45, 2.75) is 0 Å². The fraction of sp³-hybridized carbons (Fsp3) is 0. The Balaban J connectivity index is 1.71. The summed E-state index contributed by atoms with van der Waals surface area (Å²) >= 11 is 0. The van der Waals surface area contributed by atoms with Crippen LogP contribution in [-0.4, -0.2) is 17.1 Å². The molecule has 0 spiro atoms. The number of hydrogen-bond donors (Lipinski definition) is 1. The monoisotopic (exact) mass is 275 g/mol. The van der Waals surface area contributed by atoms with Crippen molar-refractivity contribution in [2.75, 3.05) is 0 Å². The molecule has 0 saturated carbocycles. The van der Waals surface area contributed by atoms with E-state index in [4.69, 9.17) is 0 Å². The summed E-state index contributed by atoms with van der Waals surface area (Å²) in [5, 5.41) is 6.27. The highest BCUT2D eigenvalue weighted by Crippen LogP contribution is 2.14. The van der Waals surface area contributed by atoms with E-state index in [2.05, 4.69) is 21.6 Å². The number of hydrogen-bond acceptors (Lipinski definition) is 3. The number of nitrogens with one attached hydrogen (secondary N) is 1. The predicted octanol–water partition coefficient (Wildman–Crippen LogP) is 3.00. The van der Waals surface area contributed by atoms with Crippen LogP contribution in [0.15, 0.2) is 72.0 Å². The number of carbonyl (C=O) groups excluding carboxylic acids is 1. The van der Waals surface area contributed by atoms with Crippen LogP contribution < -0.4 is 5.43 Å². The second-order valence-electron chi connectivity index (χ2n) is 4.52. The van der Waals surface area contributed by atoms with Crippen LogP contribution in [0, 0.1) is 0 Å². The van der Waals surface area contributed by atoms with Crippen LogP contribution in [0.25, 0.3) is 10.8 Å². The first kappa shape index (κ1) is 13.0. The molecule has 0 aliphatic heterocycles. The van der Waals surface area contributed by atoms with Crippen molar-refractivity contribution in [3.8, 4) is 0 Å². The molecule has 0 fully saturated rings. The molecule has 3 rings (SSSR count). The van der Waals surface area contributed by atoms with Gasteiger partial charge in [-0.05, 0) is 34.5 Å². The summed E-state index contributed by atoms with van der Waals surface area (Å²) in [6.07, 6.45) is 3.19. The summed E-state index contributed by atoms with van der Waals surface area (Å²) < 4.78 is 0. The van der Waals surface area contributed by atoms with Gasteiger partial charge in [0.1, 0.15) is 5.69 Å². The molecular weight excluding hydrogens is 262 g/mol. The molecule has 1 aromatic heterocycles. The van der Waals surface area contributed by atoms with Crippen LogP contribution in [-0.2, 0) is 0 Å². The minimum Gasteiger partial charge on any atom is -0.266 e. The average Bonchev–Trinajstić information content (AvgIpc) is 2.55. The Bertz CT molecular complexity index is 797. The quantitative estimate of drug-likeness (QED) is 0.590. The molecule has 2 aromatic carbocycles. The number of carbonyl (C=O) groups is 1. The number of nitrogens with zero attached hydrogens (tertiary/aromatic N) is 2. The van der Waals surface area contributed by atoms with Gasteiger partial charge in [0.15, 0.2) is 0 Å². The van der Waals surface area contributed by atoms with Gasteiger partial charge in [-0.25, -0.2) is 5.43 Å². The molecule has 4 heteroatoms. The molecule has 1 N–H and O–H groups in total. The van der Waals surface area contributed by atoms with Gasteiger partial charge in [0.05, 0.1) is 6.21 Å². The Hall–Kier alpha value is -3.01. The fourth-order valence-electron chi connectivity index (χ4n) is 2.01. The second kappa shape index (κ2) is 5.96. The third-order valence-electron chi connectivity index (χ3n) is 3.05. The maximum absolute atomic E-state index is 11.8. The number of pyridine rings is 1. The van der Waals surface area contributed by atoms with Crippen LogP contribution in [0.2, 0.25) is 0 Å². The normalized spacial score (nSPS) is 10.9. The molecule has 21 heavy (non-hydrogen) atoms. The third-order valence-corrected chi connectivity index (χ3v) is 3.05. The SMILES string of the molecule is O=C(N/N=C/c1ccc2ccccc2c1)c1ccccn1. The second-order valence-corrected chi connectivity index (χ2v) is 4.52. The van der Waals surface area contributed by atoms with Crippen molar-refractivity contribution in [3.63, 3.8) is 0 Å². The molecular formula is C17H13N3O. The van der Waals surface area contributed by atoms with Crippen LogP contribution in [0.3, 0.4) is 0 Å². The molecule has 0 radical (unpaired) electrons. The van der Waals surface area contributed by atoms with Crippen LogP contribution in [0.5, 0.6) is 0 Å². The van der Waals surface area contributed by atoms with E-state index in [9.17, 15) is 4.79 Å². The maximum atomic E-state index is 11.8.